The quantitative estimate of drug-likeness (QED) is 0.835. The zero-order chi connectivity index (χ0) is 11.7. The maximum Gasteiger partial charge on any atom is 0.0541 e. The van der Waals surface area contributed by atoms with E-state index in [4.69, 9.17) is 0 Å². The summed E-state index contributed by atoms with van der Waals surface area (Å²) in [6.07, 6.45) is 5.76. The van der Waals surface area contributed by atoms with Crippen LogP contribution in [0.25, 0.3) is 6.08 Å². The van der Waals surface area contributed by atoms with E-state index < -0.39 is 0 Å². The van der Waals surface area contributed by atoms with Crippen molar-refractivity contribution in [3.63, 3.8) is 0 Å². The van der Waals surface area contributed by atoms with Gasteiger partial charge in [0, 0.05) is 26.2 Å². The first-order valence-electron chi connectivity index (χ1n) is 6.64. The fraction of sp³-hybridized carbons (Fsp3) is 0.467. The third-order valence-corrected chi connectivity index (χ3v) is 3.88. The molecule has 0 spiro atoms. The molecule has 1 fully saturated rings. The lowest BCUT2D eigenvalue weighted by Gasteiger charge is -2.32. The number of nitrogens with one attached hydrogen (secondary N) is 1. The molecule has 1 aliphatic heterocycles. The minimum Gasteiger partial charge on any atom is -0.314 e. The highest BCUT2D eigenvalue weighted by Crippen LogP contribution is 2.33. The standard InChI is InChI=1S/C15H20N2/c1-2-12-3-4-13-5-6-15(14(13)11-12)17-9-7-16-8-10-17/h3-6,11,15-16H,2,7-10H2,1H3. The molecule has 2 heteroatoms. The van der Waals surface area contributed by atoms with Crippen LogP contribution < -0.4 is 5.32 Å². The minimum atomic E-state index is 0.513. The summed E-state index contributed by atoms with van der Waals surface area (Å²) in [5.41, 5.74) is 4.37. The second kappa shape index (κ2) is 4.63. The fourth-order valence-electron chi connectivity index (χ4n) is 2.83. The van der Waals surface area contributed by atoms with E-state index in [1.165, 1.54) is 16.7 Å². The minimum absolute atomic E-state index is 0.513. The van der Waals surface area contributed by atoms with Gasteiger partial charge in [0.1, 0.15) is 0 Å². The van der Waals surface area contributed by atoms with E-state index in [2.05, 4.69) is 47.5 Å². The van der Waals surface area contributed by atoms with Crippen LogP contribution in [-0.4, -0.2) is 31.1 Å². The molecule has 1 aliphatic carbocycles. The van der Waals surface area contributed by atoms with Gasteiger partial charge in [-0.1, -0.05) is 37.3 Å². The van der Waals surface area contributed by atoms with E-state index in [1.54, 1.807) is 0 Å². The molecule has 3 rings (SSSR count). The summed E-state index contributed by atoms with van der Waals surface area (Å²) < 4.78 is 0. The van der Waals surface area contributed by atoms with Crippen LogP contribution in [-0.2, 0) is 6.42 Å². The molecule has 1 N–H and O–H groups in total. The Morgan fingerprint density at radius 3 is 2.88 bits per heavy atom. The van der Waals surface area contributed by atoms with Crippen molar-refractivity contribution in [2.24, 2.45) is 0 Å². The molecule has 0 saturated carbocycles. The average molecular weight is 228 g/mol. The van der Waals surface area contributed by atoms with Crippen molar-refractivity contribution in [1.29, 1.82) is 0 Å². The number of nitrogens with zero attached hydrogens (tertiary/aromatic N) is 1. The molecule has 1 unspecified atom stereocenters. The molecule has 0 aromatic heterocycles. The maximum atomic E-state index is 3.42. The second-order valence-corrected chi connectivity index (χ2v) is 4.91. The fourth-order valence-corrected chi connectivity index (χ4v) is 2.83. The van der Waals surface area contributed by atoms with Gasteiger partial charge in [-0.15, -0.1) is 0 Å². The van der Waals surface area contributed by atoms with E-state index in [0.717, 1.165) is 32.6 Å². The predicted molar refractivity (Wildman–Crippen MR) is 72.0 cm³/mol. The highest BCUT2D eigenvalue weighted by molar-refractivity contribution is 5.62. The van der Waals surface area contributed by atoms with E-state index in [0.29, 0.717) is 6.04 Å². The number of hydrogen-bond donors (Lipinski definition) is 1. The maximum absolute atomic E-state index is 3.42. The lowest BCUT2D eigenvalue weighted by molar-refractivity contribution is 0.205. The van der Waals surface area contributed by atoms with Gasteiger partial charge in [0.05, 0.1) is 6.04 Å². The summed E-state index contributed by atoms with van der Waals surface area (Å²) in [5.74, 6) is 0. The summed E-state index contributed by atoms with van der Waals surface area (Å²) in [4.78, 5) is 2.58. The Morgan fingerprint density at radius 1 is 1.29 bits per heavy atom. The van der Waals surface area contributed by atoms with E-state index in [-0.39, 0.29) is 0 Å². The number of benzene rings is 1. The van der Waals surface area contributed by atoms with Gasteiger partial charge in [-0.25, -0.2) is 0 Å². The molecule has 1 heterocycles. The molecule has 0 radical (unpaired) electrons. The molecule has 1 atom stereocenters. The van der Waals surface area contributed by atoms with Crippen LogP contribution >= 0.6 is 0 Å². The van der Waals surface area contributed by atoms with Crippen LogP contribution in [0.2, 0.25) is 0 Å². The third-order valence-electron chi connectivity index (χ3n) is 3.88. The topological polar surface area (TPSA) is 15.3 Å². The number of piperazine rings is 1. The Bertz CT molecular complexity index is 431. The zero-order valence-electron chi connectivity index (χ0n) is 10.4. The summed E-state index contributed by atoms with van der Waals surface area (Å²) in [6, 6.07) is 7.43. The molecule has 2 aliphatic rings. The van der Waals surface area contributed by atoms with Crippen LogP contribution in [0.15, 0.2) is 24.3 Å². The summed E-state index contributed by atoms with van der Waals surface area (Å²) in [6.45, 7) is 6.78. The molecule has 1 aromatic rings. The monoisotopic (exact) mass is 228 g/mol. The van der Waals surface area contributed by atoms with Crippen LogP contribution in [0.5, 0.6) is 0 Å². The lowest BCUT2D eigenvalue weighted by Crippen LogP contribution is -2.44. The van der Waals surface area contributed by atoms with Crippen LogP contribution in [0.3, 0.4) is 0 Å². The summed E-state index contributed by atoms with van der Waals surface area (Å²) in [5, 5.41) is 3.42. The first kappa shape index (κ1) is 11.0. The Kier molecular flexibility index (Phi) is 3.00. The Balaban J connectivity index is 1.88. The summed E-state index contributed by atoms with van der Waals surface area (Å²) in [7, 11) is 0. The SMILES string of the molecule is CCc1ccc2c(c1)C(N1CCNCC1)C=C2. The molecular weight excluding hydrogens is 208 g/mol. The lowest BCUT2D eigenvalue weighted by atomic mass is 10.0. The zero-order valence-corrected chi connectivity index (χ0v) is 10.4. The van der Waals surface area contributed by atoms with E-state index >= 15 is 0 Å². The van der Waals surface area contributed by atoms with Crippen LogP contribution in [0.4, 0.5) is 0 Å². The molecule has 90 valence electrons. The number of aryl methyl sites for hydroxylation is 1. The third kappa shape index (κ3) is 2.03. The predicted octanol–water partition coefficient (Wildman–Crippen LogP) is 2.22. The van der Waals surface area contributed by atoms with Crippen LogP contribution in [0, 0.1) is 0 Å². The van der Waals surface area contributed by atoms with Gasteiger partial charge in [0.15, 0.2) is 0 Å². The van der Waals surface area contributed by atoms with Gasteiger partial charge in [-0.05, 0) is 23.1 Å². The Labute approximate surface area is 103 Å². The van der Waals surface area contributed by atoms with Gasteiger partial charge in [-0.3, -0.25) is 4.90 Å². The molecule has 2 nitrogen and oxygen atoms in total. The van der Waals surface area contributed by atoms with Crippen molar-refractivity contribution >= 4 is 6.08 Å². The van der Waals surface area contributed by atoms with Gasteiger partial charge < -0.3 is 5.32 Å². The number of hydrogen-bond acceptors (Lipinski definition) is 2. The van der Waals surface area contributed by atoms with Crippen molar-refractivity contribution in [3.8, 4) is 0 Å². The van der Waals surface area contributed by atoms with Crippen molar-refractivity contribution in [2.45, 2.75) is 19.4 Å². The molecular formula is C15H20N2. The molecule has 1 saturated heterocycles. The van der Waals surface area contributed by atoms with Gasteiger partial charge in [0.2, 0.25) is 0 Å². The van der Waals surface area contributed by atoms with Crippen molar-refractivity contribution in [1.82, 2.24) is 10.2 Å². The van der Waals surface area contributed by atoms with E-state index in [9.17, 15) is 0 Å². The normalized spacial score (nSPS) is 23.9. The van der Waals surface area contributed by atoms with Gasteiger partial charge in [-0.2, -0.15) is 0 Å². The molecule has 1 aromatic carbocycles. The van der Waals surface area contributed by atoms with Crippen molar-refractivity contribution < 1.29 is 0 Å². The second-order valence-electron chi connectivity index (χ2n) is 4.91. The molecule has 17 heavy (non-hydrogen) atoms. The van der Waals surface area contributed by atoms with Crippen molar-refractivity contribution in [2.75, 3.05) is 26.2 Å². The molecule has 0 bridgehead atoms. The van der Waals surface area contributed by atoms with Crippen LogP contribution in [0.1, 0.15) is 29.7 Å². The van der Waals surface area contributed by atoms with Crippen molar-refractivity contribution in [3.05, 3.63) is 41.0 Å². The summed E-state index contributed by atoms with van der Waals surface area (Å²) >= 11 is 0. The van der Waals surface area contributed by atoms with Gasteiger partial charge in [0.25, 0.3) is 0 Å². The highest BCUT2D eigenvalue weighted by Gasteiger charge is 2.24. The first-order valence-corrected chi connectivity index (χ1v) is 6.64. The van der Waals surface area contributed by atoms with E-state index in [1.807, 2.05) is 0 Å². The Morgan fingerprint density at radius 2 is 2.12 bits per heavy atom. The number of fused-ring (bicyclic) bond motifs is 1. The Hall–Kier alpha value is -1.12. The molecule has 0 amide bonds. The largest absolute Gasteiger partial charge is 0.314 e. The number of rotatable bonds is 2. The average Bonchev–Trinajstić information content (AvgIpc) is 2.82. The smallest absolute Gasteiger partial charge is 0.0541 e. The first-order chi connectivity index (χ1) is 8.38. The highest BCUT2D eigenvalue weighted by atomic mass is 15.2. The van der Waals surface area contributed by atoms with Gasteiger partial charge >= 0.3 is 0 Å².